The quantitative estimate of drug-likeness (QED) is 0.476. The van der Waals surface area contributed by atoms with Crippen LogP contribution in [0.4, 0.5) is 19.3 Å². The fourth-order valence-corrected chi connectivity index (χ4v) is 3.37. The van der Waals surface area contributed by atoms with E-state index >= 15 is 0 Å². The third-order valence-electron chi connectivity index (χ3n) is 5.15. The molecule has 1 unspecified atom stereocenters. The summed E-state index contributed by atoms with van der Waals surface area (Å²) in [6, 6.07) is 8.84. The van der Waals surface area contributed by atoms with Crippen molar-refractivity contribution >= 4 is 33.4 Å². The number of amides is 2. The van der Waals surface area contributed by atoms with Gasteiger partial charge in [-0.25, -0.2) is 13.6 Å². The number of pyridine rings is 1. The van der Waals surface area contributed by atoms with E-state index in [1.807, 2.05) is 24.4 Å². The minimum absolute atomic E-state index is 0.257. The van der Waals surface area contributed by atoms with Crippen LogP contribution in [0.15, 0.2) is 53.6 Å². The van der Waals surface area contributed by atoms with Gasteiger partial charge in [-0.1, -0.05) is 12.1 Å². The number of fused-ring (bicyclic) bond motifs is 2. The molecule has 2 heterocycles. The van der Waals surface area contributed by atoms with Gasteiger partial charge in [-0.15, -0.1) is 0 Å². The number of hydrogen-bond donors (Lipinski definition) is 3. The molecule has 0 aliphatic rings. The highest BCUT2D eigenvalue weighted by atomic mass is 19.2. The topological polar surface area (TPSA) is 81.0 Å². The van der Waals surface area contributed by atoms with Crippen LogP contribution in [0.2, 0.25) is 0 Å². The van der Waals surface area contributed by atoms with E-state index in [1.165, 1.54) is 17.2 Å². The van der Waals surface area contributed by atoms with Crippen molar-refractivity contribution in [3.63, 3.8) is 0 Å². The number of urea groups is 1. The minimum atomic E-state index is -1.20. The second-order valence-corrected chi connectivity index (χ2v) is 6.85. The Hall–Kier alpha value is -3.68. The van der Waals surface area contributed by atoms with E-state index in [4.69, 9.17) is 0 Å². The molecule has 0 aliphatic carbocycles. The SMILES string of the molecule is CC(c1c[nH]c(=O)c2c(F)c(F)ccc12)N(C)C(=O)Nc1ccc2cc[nH]c2c1. The number of anilines is 1. The molecule has 2 aromatic heterocycles. The van der Waals surface area contributed by atoms with Gasteiger partial charge in [-0.2, -0.15) is 0 Å². The van der Waals surface area contributed by atoms with E-state index in [1.54, 1.807) is 20.0 Å². The summed E-state index contributed by atoms with van der Waals surface area (Å²) >= 11 is 0. The molecule has 0 saturated carbocycles. The van der Waals surface area contributed by atoms with Crippen LogP contribution in [0.3, 0.4) is 0 Å². The fraction of sp³-hybridized carbons (Fsp3) is 0.143. The molecule has 0 fully saturated rings. The second-order valence-electron chi connectivity index (χ2n) is 6.85. The molecule has 4 rings (SSSR count). The van der Waals surface area contributed by atoms with Crippen molar-refractivity contribution in [2.24, 2.45) is 0 Å². The highest BCUT2D eigenvalue weighted by Crippen LogP contribution is 2.28. The number of hydrogen-bond acceptors (Lipinski definition) is 2. The number of aromatic nitrogens is 2. The summed E-state index contributed by atoms with van der Waals surface area (Å²) in [7, 11) is 1.59. The lowest BCUT2D eigenvalue weighted by Crippen LogP contribution is -2.34. The van der Waals surface area contributed by atoms with Crippen molar-refractivity contribution in [3.05, 3.63) is 76.3 Å². The van der Waals surface area contributed by atoms with Crippen LogP contribution < -0.4 is 10.9 Å². The number of carbonyl (C=O) groups is 1. The third kappa shape index (κ3) is 3.22. The van der Waals surface area contributed by atoms with Crippen molar-refractivity contribution in [1.82, 2.24) is 14.9 Å². The normalized spacial score (nSPS) is 12.3. The summed E-state index contributed by atoms with van der Waals surface area (Å²) in [6.07, 6.45) is 3.23. The zero-order valence-electron chi connectivity index (χ0n) is 15.7. The molecular weight excluding hydrogens is 378 g/mol. The van der Waals surface area contributed by atoms with Crippen molar-refractivity contribution in [3.8, 4) is 0 Å². The predicted molar refractivity (Wildman–Crippen MR) is 108 cm³/mol. The number of nitrogens with zero attached hydrogens (tertiary/aromatic N) is 1. The van der Waals surface area contributed by atoms with Crippen molar-refractivity contribution in [2.75, 3.05) is 12.4 Å². The van der Waals surface area contributed by atoms with E-state index in [0.29, 0.717) is 11.3 Å². The molecule has 2 aromatic carbocycles. The Morgan fingerprint density at radius 1 is 1.14 bits per heavy atom. The van der Waals surface area contributed by atoms with E-state index < -0.39 is 23.2 Å². The molecule has 3 N–H and O–H groups in total. The smallest absolute Gasteiger partial charge is 0.322 e. The van der Waals surface area contributed by atoms with Gasteiger partial charge in [0.05, 0.1) is 11.4 Å². The van der Waals surface area contributed by atoms with Crippen molar-refractivity contribution in [2.45, 2.75) is 13.0 Å². The first-order valence-corrected chi connectivity index (χ1v) is 8.97. The number of halogens is 2. The average Bonchev–Trinajstić information content (AvgIpc) is 3.17. The zero-order chi connectivity index (χ0) is 20.7. The van der Waals surface area contributed by atoms with E-state index in [0.717, 1.165) is 17.0 Å². The van der Waals surface area contributed by atoms with Gasteiger partial charge in [-0.3, -0.25) is 4.79 Å². The van der Waals surface area contributed by atoms with Crippen LogP contribution in [-0.2, 0) is 0 Å². The summed E-state index contributed by atoms with van der Waals surface area (Å²) in [5, 5.41) is 3.74. The Kier molecular flexibility index (Phi) is 4.54. The number of benzene rings is 2. The maximum absolute atomic E-state index is 14.2. The van der Waals surface area contributed by atoms with Gasteiger partial charge >= 0.3 is 6.03 Å². The monoisotopic (exact) mass is 396 g/mol. The predicted octanol–water partition coefficient (Wildman–Crippen LogP) is 4.51. The molecule has 0 spiro atoms. The van der Waals surface area contributed by atoms with Crippen LogP contribution in [0.5, 0.6) is 0 Å². The van der Waals surface area contributed by atoms with Crippen molar-refractivity contribution in [1.29, 1.82) is 0 Å². The summed E-state index contributed by atoms with van der Waals surface area (Å²) < 4.78 is 27.7. The van der Waals surface area contributed by atoms with Gasteiger partial charge in [0, 0.05) is 30.6 Å². The molecule has 1 atom stereocenters. The van der Waals surface area contributed by atoms with E-state index in [9.17, 15) is 18.4 Å². The second kappa shape index (κ2) is 7.05. The van der Waals surface area contributed by atoms with E-state index in [-0.39, 0.29) is 16.8 Å². The van der Waals surface area contributed by atoms with Gasteiger partial charge < -0.3 is 20.2 Å². The molecule has 6 nitrogen and oxygen atoms in total. The number of carbonyl (C=O) groups excluding carboxylic acids is 1. The first-order chi connectivity index (χ1) is 13.9. The van der Waals surface area contributed by atoms with Gasteiger partial charge in [0.1, 0.15) is 0 Å². The molecule has 0 saturated heterocycles. The lowest BCUT2D eigenvalue weighted by Gasteiger charge is -2.26. The molecule has 2 amide bonds. The number of nitrogens with one attached hydrogen (secondary N) is 3. The molecule has 0 aliphatic heterocycles. The number of aromatic amines is 2. The number of rotatable bonds is 3. The van der Waals surface area contributed by atoms with Crippen LogP contribution in [-0.4, -0.2) is 27.9 Å². The fourth-order valence-electron chi connectivity index (χ4n) is 3.37. The van der Waals surface area contributed by atoms with Gasteiger partial charge in [0.25, 0.3) is 5.56 Å². The Labute approximate surface area is 164 Å². The lowest BCUT2D eigenvalue weighted by atomic mass is 10.0. The summed E-state index contributed by atoms with van der Waals surface area (Å²) in [4.78, 5) is 31.7. The Morgan fingerprint density at radius 2 is 1.93 bits per heavy atom. The highest BCUT2D eigenvalue weighted by molar-refractivity contribution is 5.93. The highest BCUT2D eigenvalue weighted by Gasteiger charge is 2.22. The molecule has 0 radical (unpaired) electrons. The molecular formula is C21H18F2N4O2. The largest absolute Gasteiger partial charge is 0.361 e. The third-order valence-corrected chi connectivity index (χ3v) is 5.15. The summed E-state index contributed by atoms with van der Waals surface area (Å²) in [5.41, 5.74) is 1.28. The van der Waals surface area contributed by atoms with Gasteiger partial charge in [-0.05, 0) is 47.5 Å². The lowest BCUT2D eigenvalue weighted by molar-refractivity contribution is 0.208. The molecule has 148 valence electrons. The molecule has 29 heavy (non-hydrogen) atoms. The number of H-pyrrole nitrogens is 2. The first-order valence-electron chi connectivity index (χ1n) is 8.97. The summed E-state index contributed by atoms with van der Waals surface area (Å²) in [6.45, 7) is 1.74. The van der Waals surface area contributed by atoms with Crippen molar-refractivity contribution < 1.29 is 13.6 Å². The Bertz CT molecular complexity index is 1300. The summed E-state index contributed by atoms with van der Waals surface area (Å²) in [5.74, 6) is -2.30. The van der Waals surface area contributed by atoms with Gasteiger partial charge in [0.2, 0.25) is 0 Å². The molecule has 4 aromatic rings. The Morgan fingerprint density at radius 3 is 2.72 bits per heavy atom. The van der Waals surface area contributed by atoms with E-state index in [2.05, 4.69) is 15.3 Å². The Balaban J connectivity index is 1.64. The maximum atomic E-state index is 14.2. The molecule has 8 heteroatoms. The first kappa shape index (κ1) is 18.7. The minimum Gasteiger partial charge on any atom is -0.361 e. The maximum Gasteiger partial charge on any atom is 0.322 e. The molecule has 0 bridgehead atoms. The van der Waals surface area contributed by atoms with Crippen LogP contribution in [0, 0.1) is 11.6 Å². The average molecular weight is 396 g/mol. The standard InChI is InChI=1S/C21H18F2N4O2/c1-11(15-10-25-20(28)18-14(15)5-6-16(22)19(18)23)27(2)21(29)26-13-4-3-12-7-8-24-17(12)9-13/h3-11,24H,1-2H3,(H,25,28)(H,26,29). The van der Waals surface area contributed by atoms with Crippen LogP contribution in [0.25, 0.3) is 21.7 Å². The van der Waals surface area contributed by atoms with Gasteiger partial charge in [0.15, 0.2) is 11.6 Å². The van der Waals surface area contributed by atoms with Crippen LogP contribution in [0.1, 0.15) is 18.5 Å². The van der Waals surface area contributed by atoms with Crippen LogP contribution >= 0.6 is 0 Å². The zero-order valence-corrected chi connectivity index (χ0v) is 15.7.